The van der Waals surface area contributed by atoms with Gasteiger partial charge >= 0.3 is 6.03 Å². The summed E-state index contributed by atoms with van der Waals surface area (Å²) in [5, 5.41) is 2.58. The molecule has 4 nitrogen and oxygen atoms in total. The molecule has 86 valence electrons. The third-order valence-corrected chi connectivity index (χ3v) is 2.99. The lowest BCUT2D eigenvalue weighted by Crippen LogP contribution is -2.58. The first-order valence-corrected chi connectivity index (χ1v) is 5.87. The van der Waals surface area contributed by atoms with E-state index in [2.05, 4.69) is 21.2 Å². The number of amides is 2. The Kier molecular flexibility index (Phi) is 3.33. The molecule has 0 aromatic heterocycles. The number of nitrogens with one attached hydrogen (secondary N) is 1. The van der Waals surface area contributed by atoms with Gasteiger partial charge in [0, 0.05) is 11.5 Å². The van der Waals surface area contributed by atoms with E-state index in [-0.39, 0.29) is 12.1 Å². The highest BCUT2D eigenvalue weighted by Crippen LogP contribution is 2.20. The number of hydrogen-bond acceptors (Lipinski definition) is 2. The Bertz CT molecular complexity index is 374. The molecule has 16 heavy (non-hydrogen) atoms. The molecular weight excluding hydrogens is 272 g/mol. The molecule has 1 fully saturated rings. The molecule has 0 spiro atoms. The Labute approximate surface area is 103 Å². The van der Waals surface area contributed by atoms with E-state index >= 15 is 0 Å². The van der Waals surface area contributed by atoms with E-state index in [4.69, 9.17) is 4.74 Å². The fraction of sp³-hybridized carbons (Fsp3) is 0.364. The molecule has 0 bridgehead atoms. The van der Waals surface area contributed by atoms with Gasteiger partial charge in [-0.2, -0.15) is 0 Å². The summed E-state index contributed by atoms with van der Waals surface area (Å²) in [7, 11) is 1.63. The normalized spacial score (nSPS) is 15.5. The Morgan fingerprint density at radius 1 is 1.44 bits per heavy atom. The number of likely N-dealkylation sites (tertiary alicyclic amines) is 1. The number of ether oxygens (including phenoxy) is 1. The second-order valence-electron chi connectivity index (χ2n) is 3.65. The van der Waals surface area contributed by atoms with Gasteiger partial charge in [-0.25, -0.2) is 4.79 Å². The molecule has 1 aliphatic heterocycles. The number of benzene rings is 1. The molecule has 0 saturated carbocycles. The molecule has 1 saturated heterocycles. The van der Waals surface area contributed by atoms with Crippen molar-refractivity contribution >= 4 is 22.0 Å². The SMILES string of the molecule is CNC(=O)N1CC(Oc2ccc(Br)cc2)C1. The molecule has 1 aromatic carbocycles. The monoisotopic (exact) mass is 284 g/mol. The third-order valence-electron chi connectivity index (χ3n) is 2.47. The number of carbonyl (C=O) groups is 1. The zero-order valence-electron chi connectivity index (χ0n) is 8.94. The number of nitrogens with zero attached hydrogens (tertiary/aromatic N) is 1. The van der Waals surface area contributed by atoms with Crippen molar-refractivity contribution in [2.75, 3.05) is 20.1 Å². The summed E-state index contributed by atoms with van der Waals surface area (Å²) in [4.78, 5) is 12.9. The summed E-state index contributed by atoms with van der Waals surface area (Å²) in [6, 6.07) is 7.64. The van der Waals surface area contributed by atoms with Crippen LogP contribution in [0, 0.1) is 0 Å². The van der Waals surface area contributed by atoms with Gasteiger partial charge in [-0.05, 0) is 24.3 Å². The van der Waals surface area contributed by atoms with Crippen molar-refractivity contribution in [1.29, 1.82) is 0 Å². The molecule has 0 radical (unpaired) electrons. The van der Waals surface area contributed by atoms with Gasteiger partial charge in [0.25, 0.3) is 0 Å². The number of urea groups is 1. The summed E-state index contributed by atoms with van der Waals surface area (Å²) >= 11 is 3.36. The quantitative estimate of drug-likeness (QED) is 0.901. The summed E-state index contributed by atoms with van der Waals surface area (Å²) in [6.45, 7) is 1.30. The zero-order chi connectivity index (χ0) is 11.5. The van der Waals surface area contributed by atoms with Crippen LogP contribution in [0.1, 0.15) is 0 Å². The van der Waals surface area contributed by atoms with Gasteiger partial charge in [-0.3, -0.25) is 0 Å². The van der Waals surface area contributed by atoms with Gasteiger partial charge in [0.05, 0.1) is 13.1 Å². The van der Waals surface area contributed by atoms with Gasteiger partial charge in [0.2, 0.25) is 0 Å². The van der Waals surface area contributed by atoms with Crippen LogP contribution in [0.3, 0.4) is 0 Å². The van der Waals surface area contributed by atoms with Gasteiger partial charge in [0.15, 0.2) is 0 Å². The average molecular weight is 285 g/mol. The lowest BCUT2D eigenvalue weighted by atomic mass is 10.2. The largest absolute Gasteiger partial charge is 0.487 e. The minimum atomic E-state index is -0.0457. The summed E-state index contributed by atoms with van der Waals surface area (Å²) in [5.74, 6) is 0.838. The Balaban J connectivity index is 1.81. The third kappa shape index (κ3) is 2.47. The molecular formula is C11H13BrN2O2. The van der Waals surface area contributed by atoms with E-state index in [1.165, 1.54) is 0 Å². The molecule has 2 amide bonds. The highest BCUT2D eigenvalue weighted by atomic mass is 79.9. The van der Waals surface area contributed by atoms with E-state index in [1.807, 2.05) is 24.3 Å². The highest BCUT2D eigenvalue weighted by Gasteiger charge is 2.31. The van der Waals surface area contributed by atoms with Crippen molar-refractivity contribution < 1.29 is 9.53 Å². The van der Waals surface area contributed by atoms with Crippen LogP contribution in [0.4, 0.5) is 4.79 Å². The maximum absolute atomic E-state index is 11.2. The average Bonchev–Trinajstić information content (AvgIpc) is 2.24. The number of carbonyl (C=O) groups excluding carboxylic acids is 1. The fourth-order valence-corrected chi connectivity index (χ4v) is 1.81. The lowest BCUT2D eigenvalue weighted by Gasteiger charge is -2.38. The molecule has 1 aliphatic rings. The first kappa shape index (κ1) is 11.3. The van der Waals surface area contributed by atoms with Crippen LogP contribution in [0.2, 0.25) is 0 Å². The highest BCUT2D eigenvalue weighted by molar-refractivity contribution is 9.10. The van der Waals surface area contributed by atoms with Crippen LogP contribution in [-0.4, -0.2) is 37.2 Å². The fourth-order valence-electron chi connectivity index (χ4n) is 1.54. The van der Waals surface area contributed by atoms with Crippen molar-refractivity contribution in [3.8, 4) is 5.75 Å². The van der Waals surface area contributed by atoms with Crippen LogP contribution in [-0.2, 0) is 0 Å². The molecule has 5 heteroatoms. The first-order chi connectivity index (χ1) is 7.69. The number of hydrogen-bond donors (Lipinski definition) is 1. The molecule has 0 unspecified atom stereocenters. The first-order valence-electron chi connectivity index (χ1n) is 5.08. The van der Waals surface area contributed by atoms with Gasteiger partial charge in [-0.1, -0.05) is 15.9 Å². The molecule has 2 rings (SSSR count). The van der Waals surface area contributed by atoms with Crippen molar-refractivity contribution in [2.24, 2.45) is 0 Å². The van der Waals surface area contributed by atoms with Crippen molar-refractivity contribution in [1.82, 2.24) is 10.2 Å². The van der Waals surface area contributed by atoms with Crippen molar-refractivity contribution in [3.05, 3.63) is 28.7 Å². The second-order valence-corrected chi connectivity index (χ2v) is 4.57. The van der Waals surface area contributed by atoms with Gasteiger partial charge < -0.3 is 15.0 Å². The van der Waals surface area contributed by atoms with Crippen LogP contribution < -0.4 is 10.1 Å². The van der Waals surface area contributed by atoms with E-state index in [1.54, 1.807) is 11.9 Å². The molecule has 1 heterocycles. The van der Waals surface area contributed by atoms with E-state index in [9.17, 15) is 4.79 Å². The van der Waals surface area contributed by atoms with E-state index in [0.29, 0.717) is 13.1 Å². The Morgan fingerprint density at radius 2 is 2.06 bits per heavy atom. The minimum absolute atomic E-state index is 0.0457. The predicted octanol–water partition coefficient (Wildman–Crippen LogP) is 1.85. The Morgan fingerprint density at radius 3 is 2.62 bits per heavy atom. The van der Waals surface area contributed by atoms with E-state index < -0.39 is 0 Å². The maximum atomic E-state index is 11.2. The minimum Gasteiger partial charge on any atom is -0.487 e. The van der Waals surface area contributed by atoms with Crippen LogP contribution >= 0.6 is 15.9 Å². The summed E-state index contributed by atoms with van der Waals surface area (Å²) < 4.78 is 6.72. The maximum Gasteiger partial charge on any atom is 0.317 e. The number of rotatable bonds is 2. The smallest absolute Gasteiger partial charge is 0.317 e. The predicted molar refractivity (Wildman–Crippen MR) is 64.6 cm³/mol. The molecule has 0 atom stereocenters. The van der Waals surface area contributed by atoms with Crippen LogP contribution in [0.25, 0.3) is 0 Å². The van der Waals surface area contributed by atoms with Crippen molar-refractivity contribution in [3.63, 3.8) is 0 Å². The van der Waals surface area contributed by atoms with E-state index in [0.717, 1.165) is 10.2 Å². The molecule has 1 N–H and O–H groups in total. The van der Waals surface area contributed by atoms with Crippen LogP contribution in [0.15, 0.2) is 28.7 Å². The van der Waals surface area contributed by atoms with Crippen molar-refractivity contribution in [2.45, 2.75) is 6.10 Å². The van der Waals surface area contributed by atoms with Gasteiger partial charge in [-0.15, -0.1) is 0 Å². The molecule has 0 aliphatic carbocycles. The standard InChI is InChI=1S/C11H13BrN2O2/c1-13-11(15)14-6-10(7-14)16-9-4-2-8(12)3-5-9/h2-5,10H,6-7H2,1H3,(H,13,15). The summed E-state index contributed by atoms with van der Waals surface area (Å²) in [5.41, 5.74) is 0. The lowest BCUT2D eigenvalue weighted by molar-refractivity contribution is 0.0451. The zero-order valence-corrected chi connectivity index (χ0v) is 10.5. The molecule has 1 aromatic rings. The van der Waals surface area contributed by atoms with Gasteiger partial charge in [0.1, 0.15) is 11.9 Å². The second kappa shape index (κ2) is 4.74. The topological polar surface area (TPSA) is 41.6 Å². The van der Waals surface area contributed by atoms with Crippen LogP contribution in [0.5, 0.6) is 5.75 Å². The summed E-state index contributed by atoms with van der Waals surface area (Å²) in [6.07, 6.45) is 0.110. The number of halogens is 1. The Hall–Kier alpha value is -1.23.